The van der Waals surface area contributed by atoms with E-state index < -0.39 is 24.0 Å². The van der Waals surface area contributed by atoms with Crippen LogP contribution in [0.3, 0.4) is 0 Å². The van der Waals surface area contributed by atoms with Gasteiger partial charge in [-0.3, -0.25) is 9.59 Å². The Bertz CT molecular complexity index is 1180. The van der Waals surface area contributed by atoms with Crippen molar-refractivity contribution in [2.75, 3.05) is 0 Å². The molecule has 3 atom stereocenters. The summed E-state index contributed by atoms with van der Waals surface area (Å²) in [6.45, 7) is 5.09. The van der Waals surface area contributed by atoms with E-state index in [1.807, 2.05) is 44.2 Å². The standard InChI is InChI=1S/C23H20O6/c1-12(24)26-21-19-18-16(28-22(19)29-23(21,2)3)10-9-14-15(25)11-17(27-20(14)18)13-7-5-4-6-8-13/h4-11,19,21-22H,1-3H3/t19-,21-,22+/m0/s1. The molecule has 0 N–H and O–H groups in total. The van der Waals surface area contributed by atoms with Crippen LogP contribution < -0.4 is 10.2 Å². The van der Waals surface area contributed by atoms with Gasteiger partial charge in [-0.05, 0) is 26.0 Å². The fourth-order valence-electron chi connectivity index (χ4n) is 4.30. The molecule has 3 heterocycles. The lowest BCUT2D eigenvalue weighted by molar-refractivity contribution is -0.159. The van der Waals surface area contributed by atoms with Gasteiger partial charge >= 0.3 is 5.97 Å². The summed E-state index contributed by atoms with van der Waals surface area (Å²) >= 11 is 0. The highest BCUT2D eigenvalue weighted by atomic mass is 16.7. The van der Waals surface area contributed by atoms with E-state index in [0.29, 0.717) is 28.0 Å². The van der Waals surface area contributed by atoms with Crippen molar-refractivity contribution < 1.29 is 23.4 Å². The van der Waals surface area contributed by atoms with Crippen molar-refractivity contribution in [3.63, 3.8) is 0 Å². The molecule has 148 valence electrons. The van der Waals surface area contributed by atoms with Crippen LogP contribution in [0.1, 0.15) is 32.3 Å². The molecule has 0 amide bonds. The quantitative estimate of drug-likeness (QED) is 0.614. The number of hydrogen-bond donors (Lipinski definition) is 0. The molecule has 5 rings (SSSR count). The molecule has 1 fully saturated rings. The first kappa shape index (κ1) is 17.9. The van der Waals surface area contributed by atoms with E-state index in [4.69, 9.17) is 18.6 Å². The van der Waals surface area contributed by atoms with Crippen LogP contribution in [0, 0.1) is 0 Å². The van der Waals surface area contributed by atoms with E-state index in [2.05, 4.69) is 0 Å². The van der Waals surface area contributed by atoms with Gasteiger partial charge in [-0.2, -0.15) is 0 Å². The number of hydrogen-bond acceptors (Lipinski definition) is 6. The molecule has 2 aliphatic rings. The summed E-state index contributed by atoms with van der Waals surface area (Å²) in [4.78, 5) is 24.6. The maximum absolute atomic E-state index is 12.8. The summed E-state index contributed by atoms with van der Waals surface area (Å²) in [5.74, 6) is 0.268. The van der Waals surface area contributed by atoms with Gasteiger partial charge in [-0.1, -0.05) is 30.3 Å². The minimum Gasteiger partial charge on any atom is -0.464 e. The molecular weight excluding hydrogens is 372 g/mol. The number of esters is 1. The van der Waals surface area contributed by atoms with E-state index in [0.717, 1.165) is 5.56 Å². The summed E-state index contributed by atoms with van der Waals surface area (Å²) < 4.78 is 23.9. The second kappa shape index (κ2) is 6.19. The summed E-state index contributed by atoms with van der Waals surface area (Å²) in [5.41, 5.74) is 1.08. The van der Waals surface area contributed by atoms with Gasteiger partial charge in [-0.15, -0.1) is 0 Å². The maximum Gasteiger partial charge on any atom is 0.303 e. The molecule has 0 aliphatic carbocycles. The van der Waals surface area contributed by atoms with Crippen molar-refractivity contribution in [1.82, 2.24) is 0 Å². The Balaban J connectivity index is 1.74. The van der Waals surface area contributed by atoms with Crippen LogP contribution in [0.15, 0.2) is 57.7 Å². The minimum atomic E-state index is -0.738. The third-order valence-electron chi connectivity index (χ3n) is 5.55. The number of rotatable bonds is 2. The second-order valence-electron chi connectivity index (χ2n) is 7.96. The Morgan fingerprint density at radius 1 is 1.10 bits per heavy atom. The summed E-state index contributed by atoms with van der Waals surface area (Å²) in [5, 5.41) is 0.457. The van der Waals surface area contributed by atoms with Gasteiger partial charge in [0.05, 0.1) is 16.9 Å². The first-order valence-corrected chi connectivity index (χ1v) is 9.53. The molecule has 0 saturated carbocycles. The summed E-state index contributed by atoms with van der Waals surface area (Å²) in [7, 11) is 0. The van der Waals surface area contributed by atoms with Gasteiger partial charge in [0.2, 0.25) is 6.29 Å². The van der Waals surface area contributed by atoms with Crippen LogP contribution in [-0.2, 0) is 14.3 Å². The lowest BCUT2D eigenvalue weighted by atomic mass is 9.87. The van der Waals surface area contributed by atoms with Gasteiger partial charge in [0.15, 0.2) is 5.43 Å². The third-order valence-corrected chi connectivity index (χ3v) is 5.55. The molecular formula is C23H20O6. The first-order valence-electron chi connectivity index (χ1n) is 9.53. The van der Waals surface area contributed by atoms with Crippen LogP contribution in [0.25, 0.3) is 22.3 Å². The number of carbonyl (C=O) groups is 1. The smallest absolute Gasteiger partial charge is 0.303 e. The Morgan fingerprint density at radius 2 is 1.86 bits per heavy atom. The molecule has 29 heavy (non-hydrogen) atoms. The van der Waals surface area contributed by atoms with Crippen molar-refractivity contribution in [2.45, 2.75) is 44.7 Å². The number of ether oxygens (including phenoxy) is 3. The Kier molecular flexibility index (Phi) is 3.83. The highest BCUT2D eigenvalue weighted by Gasteiger charge is 2.58. The number of fused-ring (bicyclic) bond motifs is 5. The zero-order valence-corrected chi connectivity index (χ0v) is 16.3. The molecule has 0 bridgehead atoms. The molecule has 3 aromatic rings. The first-order chi connectivity index (χ1) is 13.8. The highest BCUT2D eigenvalue weighted by molar-refractivity contribution is 5.85. The van der Waals surface area contributed by atoms with Gasteiger partial charge < -0.3 is 18.6 Å². The largest absolute Gasteiger partial charge is 0.464 e. The fourth-order valence-corrected chi connectivity index (χ4v) is 4.30. The molecule has 1 aromatic heterocycles. The van der Waals surface area contributed by atoms with Gasteiger partial charge in [-0.25, -0.2) is 0 Å². The van der Waals surface area contributed by atoms with E-state index in [-0.39, 0.29) is 11.3 Å². The lowest BCUT2D eigenvalue weighted by Gasteiger charge is -2.27. The predicted molar refractivity (Wildman–Crippen MR) is 106 cm³/mol. The Morgan fingerprint density at radius 3 is 2.59 bits per heavy atom. The Labute approximate surface area is 167 Å². The van der Waals surface area contributed by atoms with Gasteiger partial charge in [0.1, 0.15) is 28.8 Å². The van der Waals surface area contributed by atoms with E-state index in [1.165, 1.54) is 13.0 Å². The molecule has 2 aliphatic heterocycles. The minimum absolute atomic E-state index is 0.140. The topological polar surface area (TPSA) is 75.0 Å². The molecule has 0 radical (unpaired) electrons. The molecule has 6 nitrogen and oxygen atoms in total. The molecule has 0 unspecified atom stereocenters. The van der Waals surface area contributed by atoms with Crippen molar-refractivity contribution in [2.24, 2.45) is 0 Å². The normalized spacial score (nSPS) is 24.0. The van der Waals surface area contributed by atoms with Gasteiger partial charge in [0.25, 0.3) is 0 Å². The highest BCUT2D eigenvalue weighted by Crippen LogP contribution is 2.53. The van der Waals surface area contributed by atoms with E-state index in [1.54, 1.807) is 12.1 Å². The zero-order chi connectivity index (χ0) is 20.3. The van der Waals surface area contributed by atoms with Crippen LogP contribution in [0.2, 0.25) is 0 Å². The molecule has 1 saturated heterocycles. The van der Waals surface area contributed by atoms with E-state index >= 15 is 0 Å². The average molecular weight is 392 g/mol. The van der Waals surface area contributed by atoms with Gasteiger partial charge in [0, 0.05) is 18.6 Å². The Hall–Kier alpha value is -3.12. The van der Waals surface area contributed by atoms with E-state index in [9.17, 15) is 9.59 Å². The number of carbonyl (C=O) groups excluding carboxylic acids is 1. The SMILES string of the molecule is CC(=O)O[C@H]1[C@@H]2c3c(ccc4c(=O)cc(-c5ccccc5)oc34)O[C@@H]2OC1(C)C. The lowest BCUT2D eigenvalue weighted by Crippen LogP contribution is -2.38. The van der Waals surface area contributed by atoms with Crippen molar-refractivity contribution in [3.8, 4) is 17.1 Å². The molecule has 0 spiro atoms. The summed E-state index contributed by atoms with van der Waals surface area (Å²) in [6, 6.07) is 14.4. The van der Waals surface area contributed by atoms with Crippen molar-refractivity contribution in [1.29, 1.82) is 0 Å². The zero-order valence-electron chi connectivity index (χ0n) is 16.3. The second-order valence-corrected chi connectivity index (χ2v) is 7.96. The monoisotopic (exact) mass is 392 g/mol. The van der Waals surface area contributed by atoms with Crippen LogP contribution in [-0.4, -0.2) is 24.0 Å². The third kappa shape index (κ3) is 2.75. The molecule has 2 aromatic carbocycles. The number of benzene rings is 2. The van der Waals surface area contributed by atoms with Crippen molar-refractivity contribution in [3.05, 3.63) is 64.3 Å². The van der Waals surface area contributed by atoms with Crippen LogP contribution in [0.5, 0.6) is 5.75 Å². The maximum atomic E-state index is 12.8. The predicted octanol–water partition coefficient (Wildman–Crippen LogP) is 4.00. The van der Waals surface area contributed by atoms with Crippen LogP contribution in [0.4, 0.5) is 0 Å². The van der Waals surface area contributed by atoms with Crippen molar-refractivity contribution >= 4 is 16.9 Å². The fraction of sp³-hybridized carbons (Fsp3) is 0.304. The average Bonchev–Trinajstić information content (AvgIpc) is 3.14. The van der Waals surface area contributed by atoms with Crippen LogP contribution >= 0.6 is 0 Å². The molecule has 6 heteroatoms. The summed E-state index contributed by atoms with van der Waals surface area (Å²) in [6.07, 6.45) is -1.18.